The predicted octanol–water partition coefficient (Wildman–Crippen LogP) is 6.54. The predicted molar refractivity (Wildman–Crippen MR) is 110 cm³/mol. The molecule has 0 bridgehead atoms. The van der Waals surface area contributed by atoms with Crippen LogP contribution in [0.2, 0.25) is 0 Å². The van der Waals surface area contributed by atoms with Crippen molar-refractivity contribution < 1.29 is 13.9 Å². The van der Waals surface area contributed by atoms with Crippen molar-refractivity contribution in [2.24, 2.45) is 10.8 Å². The fraction of sp³-hybridized carbons (Fsp3) is 0.455. The number of rotatable bonds is 6. The van der Waals surface area contributed by atoms with E-state index in [1.54, 1.807) is 0 Å². The van der Waals surface area contributed by atoms with Gasteiger partial charge in [0.1, 0.15) is 11.5 Å². The first-order valence-electron chi connectivity index (χ1n) is 9.03. The highest BCUT2D eigenvalue weighted by molar-refractivity contribution is 7.41. The van der Waals surface area contributed by atoms with E-state index < -0.39 is 8.60 Å². The van der Waals surface area contributed by atoms with E-state index in [-0.39, 0.29) is 10.8 Å². The van der Waals surface area contributed by atoms with Crippen LogP contribution in [0, 0.1) is 10.8 Å². The Balaban J connectivity index is 2.00. The molecule has 0 aromatic heterocycles. The molecule has 0 saturated heterocycles. The molecule has 0 aliphatic rings. The molecule has 1 N–H and O–H groups in total. The Bertz CT molecular complexity index is 652. The summed E-state index contributed by atoms with van der Waals surface area (Å²) in [6, 6.07) is 15.7. The number of hydrogen-bond donors (Lipinski definition) is 1. The lowest BCUT2D eigenvalue weighted by Gasteiger charge is -2.19. The minimum absolute atomic E-state index is 0.201. The minimum Gasteiger partial charge on any atom is -0.418 e. The lowest BCUT2D eigenvalue weighted by Crippen LogP contribution is -2.09. The summed E-state index contributed by atoms with van der Waals surface area (Å²) in [5, 5.41) is 0. The molecule has 0 unspecified atom stereocenters. The Hall–Kier alpha value is -1.57. The van der Waals surface area contributed by atoms with Crippen LogP contribution >= 0.6 is 8.60 Å². The van der Waals surface area contributed by atoms with Crippen molar-refractivity contribution in [3.05, 3.63) is 59.7 Å². The van der Waals surface area contributed by atoms with Crippen molar-refractivity contribution in [1.82, 2.24) is 0 Å². The van der Waals surface area contributed by atoms with Gasteiger partial charge in [0.25, 0.3) is 0 Å². The topological polar surface area (TPSA) is 38.7 Å². The maximum atomic E-state index is 10.2. The fourth-order valence-corrected chi connectivity index (χ4v) is 3.47. The highest BCUT2D eigenvalue weighted by Gasteiger charge is 2.16. The van der Waals surface area contributed by atoms with Gasteiger partial charge in [-0.3, -0.25) is 0 Å². The molecule has 0 aliphatic carbocycles. The first kappa shape index (κ1) is 20.7. The molecule has 3 nitrogen and oxygen atoms in total. The van der Waals surface area contributed by atoms with Crippen LogP contribution < -0.4 is 9.05 Å². The molecule has 0 heterocycles. The van der Waals surface area contributed by atoms with Gasteiger partial charge in [0.15, 0.2) is 0 Å². The molecule has 142 valence electrons. The van der Waals surface area contributed by atoms with Crippen LogP contribution in [0.1, 0.15) is 52.7 Å². The molecule has 26 heavy (non-hydrogen) atoms. The summed E-state index contributed by atoms with van der Waals surface area (Å²) in [6.07, 6.45) is 1.90. The zero-order valence-electron chi connectivity index (χ0n) is 16.7. The van der Waals surface area contributed by atoms with Crippen molar-refractivity contribution in [3.8, 4) is 11.5 Å². The van der Waals surface area contributed by atoms with Gasteiger partial charge in [-0.15, -0.1) is 0 Å². The summed E-state index contributed by atoms with van der Waals surface area (Å²) in [5.41, 5.74) is 2.77. The minimum atomic E-state index is -2.02. The third-order valence-electron chi connectivity index (χ3n) is 3.63. The Kier molecular flexibility index (Phi) is 6.71. The van der Waals surface area contributed by atoms with E-state index in [9.17, 15) is 4.89 Å². The molecule has 0 aliphatic heterocycles. The molecule has 4 heteroatoms. The monoisotopic (exact) mass is 374 g/mol. The molecule has 2 aromatic carbocycles. The van der Waals surface area contributed by atoms with Crippen LogP contribution in [0.15, 0.2) is 48.5 Å². The van der Waals surface area contributed by atoms with Gasteiger partial charge in [0.2, 0.25) is 0 Å². The molecule has 0 radical (unpaired) electrons. The number of hydrogen-bond acceptors (Lipinski definition) is 3. The Labute approximate surface area is 159 Å². The van der Waals surface area contributed by atoms with E-state index in [0.717, 1.165) is 12.8 Å². The number of benzene rings is 2. The summed E-state index contributed by atoms with van der Waals surface area (Å²) in [5.74, 6) is 1.26. The van der Waals surface area contributed by atoms with E-state index in [4.69, 9.17) is 9.05 Å². The Morgan fingerprint density at radius 1 is 0.731 bits per heavy atom. The largest absolute Gasteiger partial charge is 0.460 e. The zero-order chi connectivity index (χ0) is 19.4. The summed E-state index contributed by atoms with van der Waals surface area (Å²) in [6.45, 7) is 13.2. The lowest BCUT2D eigenvalue weighted by molar-refractivity contribution is 0.379. The summed E-state index contributed by atoms with van der Waals surface area (Å²) in [4.78, 5) is 10.2. The average Bonchev–Trinajstić information content (AvgIpc) is 2.43. The van der Waals surface area contributed by atoms with Crippen LogP contribution in [0.3, 0.4) is 0 Å². The molecule has 0 saturated carbocycles. The van der Waals surface area contributed by atoms with Gasteiger partial charge in [-0.25, -0.2) is 0 Å². The lowest BCUT2D eigenvalue weighted by atomic mass is 9.88. The first-order chi connectivity index (χ1) is 12.0. The van der Waals surface area contributed by atoms with Crippen LogP contribution in [0.25, 0.3) is 0 Å². The van der Waals surface area contributed by atoms with E-state index >= 15 is 0 Å². The Morgan fingerprint density at radius 3 is 1.46 bits per heavy atom. The van der Waals surface area contributed by atoms with Crippen molar-refractivity contribution in [1.29, 1.82) is 0 Å². The smallest absolute Gasteiger partial charge is 0.418 e. The molecule has 0 fully saturated rings. The quantitative estimate of drug-likeness (QED) is 0.583. The van der Waals surface area contributed by atoms with Crippen LogP contribution in [0.4, 0.5) is 0 Å². The highest BCUT2D eigenvalue weighted by atomic mass is 31.2. The van der Waals surface area contributed by atoms with Crippen molar-refractivity contribution in [3.63, 3.8) is 0 Å². The normalized spacial score (nSPS) is 12.3. The molecule has 2 aromatic rings. The first-order valence-corrected chi connectivity index (χ1v) is 10.2. The van der Waals surface area contributed by atoms with E-state index in [2.05, 4.69) is 53.7 Å². The van der Waals surface area contributed by atoms with E-state index in [1.807, 2.05) is 36.4 Å². The third kappa shape index (κ3) is 7.76. The van der Waals surface area contributed by atoms with Crippen molar-refractivity contribution >= 4 is 8.60 Å². The van der Waals surface area contributed by atoms with Gasteiger partial charge in [-0.05, 0) is 59.1 Å². The third-order valence-corrected chi connectivity index (χ3v) is 4.37. The van der Waals surface area contributed by atoms with Crippen molar-refractivity contribution in [2.75, 3.05) is 0 Å². The van der Waals surface area contributed by atoms with Crippen LogP contribution in [0.5, 0.6) is 11.5 Å². The second-order valence-corrected chi connectivity index (χ2v) is 10.0. The molecular formula is C22H31O3P. The standard InChI is InChI=1S/C22H31O3P/c1-21(2,3)15-17-9-7-11-19(13-17)24-26(23)25-20-12-8-10-18(14-20)16-22(4,5)6/h7-14,23H,15-16H2,1-6H3. The van der Waals surface area contributed by atoms with E-state index in [0.29, 0.717) is 11.5 Å². The summed E-state index contributed by atoms with van der Waals surface area (Å²) in [7, 11) is -2.02. The highest BCUT2D eigenvalue weighted by Crippen LogP contribution is 2.37. The maximum absolute atomic E-state index is 10.2. The molecule has 0 amide bonds. The maximum Gasteiger partial charge on any atom is 0.460 e. The van der Waals surface area contributed by atoms with Crippen LogP contribution in [-0.2, 0) is 12.8 Å². The SMILES string of the molecule is CC(C)(C)Cc1cccc(OP(O)Oc2cccc(CC(C)(C)C)c2)c1. The summed E-state index contributed by atoms with van der Waals surface area (Å²) < 4.78 is 11.2. The van der Waals surface area contributed by atoms with Gasteiger partial charge in [-0.2, -0.15) is 0 Å². The molecule has 0 atom stereocenters. The van der Waals surface area contributed by atoms with Crippen LogP contribution in [-0.4, -0.2) is 4.89 Å². The van der Waals surface area contributed by atoms with Gasteiger partial charge in [0, 0.05) is 0 Å². The fourth-order valence-electron chi connectivity index (χ4n) is 2.85. The van der Waals surface area contributed by atoms with Gasteiger partial charge < -0.3 is 13.9 Å². The van der Waals surface area contributed by atoms with E-state index in [1.165, 1.54) is 11.1 Å². The van der Waals surface area contributed by atoms with Gasteiger partial charge in [-0.1, -0.05) is 65.8 Å². The van der Waals surface area contributed by atoms with Gasteiger partial charge >= 0.3 is 8.60 Å². The average molecular weight is 374 g/mol. The summed E-state index contributed by atoms with van der Waals surface area (Å²) >= 11 is 0. The second-order valence-electron chi connectivity index (χ2n) is 9.19. The van der Waals surface area contributed by atoms with Crippen molar-refractivity contribution in [2.45, 2.75) is 54.4 Å². The zero-order valence-corrected chi connectivity index (χ0v) is 17.6. The molecule has 2 rings (SSSR count). The molecular weight excluding hydrogens is 343 g/mol. The van der Waals surface area contributed by atoms with Gasteiger partial charge in [0.05, 0.1) is 0 Å². The Morgan fingerprint density at radius 2 is 1.12 bits per heavy atom. The molecule has 0 spiro atoms. The second kappa shape index (κ2) is 8.41.